The molecule has 8 heteroatoms. The molecule has 1 amide bonds. The molecule has 1 N–H and O–H groups in total. The van der Waals surface area contributed by atoms with Gasteiger partial charge in [0, 0.05) is 33.3 Å². The first kappa shape index (κ1) is 21.7. The number of para-hydroxylation sites is 1. The highest BCUT2D eigenvalue weighted by Crippen LogP contribution is 2.19. The molecule has 0 radical (unpaired) electrons. The zero-order valence-electron chi connectivity index (χ0n) is 16.7. The van der Waals surface area contributed by atoms with Crippen LogP contribution in [0.3, 0.4) is 0 Å². The molecule has 0 spiro atoms. The van der Waals surface area contributed by atoms with Crippen molar-refractivity contribution in [3.8, 4) is 5.75 Å². The number of nitrogens with one attached hydrogen (secondary N) is 1. The molecular formula is C20H27N3O4S. The first-order chi connectivity index (χ1) is 13.3. The normalized spacial score (nSPS) is 11.3. The zero-order valence-corrected chi connectivity index (χ0v) is 17.5. The lowest BCUT2D eigenvalue weighted by molar-refractivity contribution is 0.0953. The summed E-state index contributed by atoms with van der Waals surface area (Å²) in [5, 5.41) is 2.88. The molecule has 2 aromatic carbocycles. The number of carbonyl (C=O) groups is 1. The van der Waals surface area contributed by atoms with Crippen molar-refractivity contribution in [2.45, 2.75) is 12.8 Å². The Bertz CT molecular complexity index is 896. The van der Waals surface area contributed by atoms with E-state index in [4.69, 9.17) is 4.74 Å². The van der Waals surface area contributed by atoms with Gasteiger partial charge in [0.15, 0.2) is 0 Å². The standard InChI is InChI=1S/C20H27N3O4S/c1-22(2)28(25,26)23(3)18-13-11-17(12-14-18)20(24)21-15-7-9-16-8-5-6-10-19(16)27-4/h5-6,8,10-14H,7,9,15H2,1-4H3,(H,21,24). The highest BCUT2D eigenvalue weighted by Gasteiger charge is 2.21. The minimum absolute atomic E-state index is 0.190. The Kier molecular flexibility index (Phi) is 7.42. The van der Waals surface area contributed by atoms with Crippen LogP contribution in [0.25, 0.3) is 0 Å². The van der Waals surface area contributed by atoms with Gasteiger partial charge in [-0.25, -0.2) is 0 Å². The Labute approximate surface area is 167 Å². The molecule has 0 fully saturated rings. The lowest BCUT2D eigenvalue weighted by Gasteiger charge is -2.23. The Morgan fingerprint density at radius 3 is 2.29 bits per heavy atom. The van der Waals surface area contributed by atoms with E-state index < -0.39 is 10.2 Å². The zero-order chi connectivity index (χ0) is 20.7. The van der Waals surface area contributed by atoms with Gasteiger partial charge in [0.25, 0.3) is 5.91 Å². The van der Waals surface area contributed by atoms with Gasteiger partial charge in [0.05, 0.1) is 12.8 Å². The maximum absolute atomic E-state index is 12.3. The number of hydrogen-bond acceptors (Lipinski definition) is 4. The summed E-state index contributed by atoms with van der Waals surface area (Å²) in [6.45, 7) is 0.535. The van der Waals surface area contributed by atoms with E-state index in [0.717, 1.165) is 28.5 Å². The van der Waals surface area contributed by atoms with Crippen LogP contribution in [0.1, 0.15) is 22.3 Å². The van der Waals surface area contributed by atoms with Crippen molar-refractivity contribution >= 4 is 21.8 Å². The van der Waals surface area contributed by atoms with Crippen molar-refractivity contribution in [2.75, 3.05) is 39.1 Å². The molecule has 152 valence electrons. The van der Waals surface area contributed by atoms with Crippen molar-refractivity contribution in [1.82, 2.24) is 9.62 Å². The number of methoxy groups -OCH3 is 1. The van der Waals surface area contributed by atoms with Gasteiger partial charge >= 0.3 is 10.2 Å². The van der Waals surface area contributed by atoms with Crippen LogP contribution >= 0.6 is 0 Å². The minimum Gasteiger partial charge on any atom is -0.496 e. The molecule has 0 aliphatic rings. The van der Waals surface area contributed by atoms with Crippen LogP contribution < -0.4 is 14.4 Å². The number of ether oxygens (including phenoxy) is 1. The molecule has 0 saturated carbocycles. The van der Waals surface area contributed by atoms with E-state index in [-0.39, 0.29) is 5.91 Å². The number of anilines is 1. The largest absolute Gasteiger partial charge is 0.496 e. The average molecular weight is 406 g/mol. The molecule has 7 nitrogen and oxygen atoms in total. The third kappa shape index (κ3) is 5.24. The number of benzene rings is 2. The summed E-state index contributed by atoms with van der Waals surface area (Å²) >= 11 is 0. The van der Waals surface area contributed by atoms with Gasteiger partial charge in [-0.05, 0) is 48.7 Å². The fraction of sp³-hybridized carbons (Fsp3) is 0.350. The predicted octanol–water partition coefficient (Wildman–Crippen LogP) is 2.30. The second kappa shape index (κ2) is 9.57. The molecule has 2 aromatic rings. The Morgan fingerprint density at radius 1 is 1.04 bits per heavy atom. The summed E-state index contributed by atoms with van der Waals surface area (Å²) < 4.78 is 31.9. The van der Waals surface area contributed by atoms with Crippen molar-refractivity contribution in [2.24, 2.45) is 0 Å². The van der Waals surface area contributed by atoms with Crippen LogP contribution in [-0.2, 0) is 16.6 Å². The van der Waals surface area contributed by atoms with Gasteiger partial charge in [0.1, 0.15) is 5.75 Å². The predicted molar refractivity (Wildman–Crippen MR) is 111 cm³/mol. The smallest absolute Gasteiger partial charge is 0.303 e. The summed E-state index contributed by atoms with van der Waals surface area (Å²) in [7, 11) is 2.50. The van der Waals surface area contributed by atoms with Crippen molar-refractivity contribution in [1.29, 1.82) is 0 Å². The van der Waals surface area contributed by atoms with Crippen LogP contribution in [0.4, 0.5) is 5.69 Å². The average Bonchev–Trinajstić information content (AvgIpc) is 2.70. The Hall–Kier alpha value is -2.58. The van der Waals surface area contributed by atoms with Gasteiger partial charge in [-0.15, -0.1) is 0 Å². The number of carbonyl (C=O) groups excluding carboxylic acids is 1. The molecule has 0 heterocycles. The quantitative estimate of drug-likeness (QED) is 0.650. The second-order valence-electron chi connectivity index (χ2n) is 6.48. The molecule has 0 atom stereocenters. The van der Waals surface area contributed by atoms with Crippen molar-refractivity contribution in [3.05, 3.63) is 59.7 Å². The molecule has 28 heavy (non-hydrogen) atoms. The maximum Gasteiger partial charge on any atom is 0.303 e. The van der Waals surface area contributed by atoms with Crippen LogP contribution in [0, 0.1) is 0 Å². The minimum atomic E-state index is -3.56. The van der Waals surface area contributed by atoms with Crippen LogP contribution in [-0.4, -0.2) is 53.4 Å². The van der Waals surface area contributed by atoms with Crippen LogP contribution in [0.15, 0.2) is 48.5 Å². The summed E-state index contributed by atoms with van der Waals surface area (Å²) in [6, 6.07) is 14.3. The highest BCUT2D eigenvalue weighted by molar-refractivity contribution is 7.90. The van der Waals surface area contributed by atoms with E-state index in [9.17, 15) is 13.2 Å². The summed E-state index contributed by atoms with van der Waals surface area (Å²) in [6.07, 6.45) is 1.59. The van der Waals surface area contributed by atoms with Gasteiger partial charge in [0.2, 0.25) is 0 Å². The lowest BCUT2D eigenvalue weighted by atomic mass is 10.1. The monoisotopic (exact) mass is 405 g/mol. The molecule has 2 rings (SSSR count). The summed E-state index contributed by atoms with van der Waals surface area (Å²) in [4.78, 5) is 12.3. The van der Waals surface area contributed by atoms with Crippen molar-refractivity contribution in [3.63, 3.8) is 0 Å². The molecule has 0 aliphatic heterocycles. The molecule has 0 unspecified atom stereocenters. The third-order valence-electron chi connectivity index (χ3n) is 4.40. The number of nitrogens with zero attached hydrogens (tertiary/aromatic N) is 2. The number of rotatable bonds is 9. The van der Waals surface area contributed by atoms with Gasteiger partial charge in [-0.1, -0.05) is 18.2 Å². The number of aryl methyl sites for hydroxylation is 1. The van der Waals surface area contributed by atoms with Gasteiger partial charge in [-0.2, -0.15) is 12.7 Å². The van der Waals surface area contributed by atoms with E-state index in [0.29, 0.717) is 17.8 Å². The summed E-state index contributed by atoms with van der Waals surface area (Å²) in [5.74, 6) is 0.658. The van der Waals surface area contributed by atoms with Gasteiger partial charge in [-0.3, -0.25) is 9.10 Å². The summed E-state index contributed by atoms with van der Waals surface area (Å²) in [5.41, 5.74) is 2.08. The van der Waals surface area contributed by atoms with E-state index in [1.165, 1.54) is 25.4 Å². The van der Waals surface area contributed by atoms with E-state index in [1.807, 2.05) is 24.3 Å². The SMILES string of the molecule is COc1ccccc1CCCNC(=O)c1ccc(N(C)S(=O)(=O)N(C)C)cc1. The molecular weight excluding hydrogens is 378 g/mol. The maximum atomic E-state index is 12.3. The third-order valence-corrected chi connectivity index (χ3v) is 6.23. The number of amides is 1. The van der Waals surface area contributed by atoms with Crippen LogP contribution in [0.2, 0.25) is 0 Å². The van der Waals surface area contributed by atoms with Crippen LogP contribution in [0.5, 0.6) is 5.75 Å². The molecule has 0 aromatic heterocycles. The molecule has 0 saturated heterocycles. The first-order valence-corrected chi connectivity index (χ1v) is 10.3. The molecule has 0 bridgehead atoms. The lowest BCUT2D eigenvalue weighted by Crippen LogP contribution is -2.37. The molecule has 0 aliphatic carbocycles. The van der Waals surface area contributed by atoms with E-state index >= 15 is 0 Å². The first-order valence-electron chi connectivity index (χ1n) is 8.94. The van der Waals surface area contributed by atoms with Crippen molar-refractivity contribution < 1.29 is 17.9 Å². The van der Waals surface area contributed by atoms with Gasteiger partial charge < -0.3 is 10.1 Å². The Morgan fingerprint density at radius 2 is 1.68 bits per heavy atom. The fourth-order valence-electron chi connectivity index (χ4n) is 2.69. The second-order valence-corrected chi connectivity index (χ2v) is 8.65. The highest BCUT2D eigenvalue weighted by atomic mass is 32.2. The number of hydrogen-bond donors (Lipinski definition) is 1. The topological polar surface area (TPSA) is 79.0 Å². The Balaban J connectivity index is 1.89. The van der Waals surface area contributed by atoms with E-state index in [2.05, 4.69) is 5.32 Å². The fourth-order valence-corrected chi connectivity index (χ4v) is 3.57. The van der Waals surface area contributed by atoms with E-state index in [1.54, 1.807) is 31.4 Å².